The van der Waals surface area contributed by atoms with Crippen LogP contribution in [0.25, 0.3) is 6.08 Å². The van der Waals surface area contributed by atoms with Gasteiger partial charge in [0.15, 0.2) is 0 Å². The molecule has 0 unspecified atom stereocenters. The van der Waals surface area contributed by atoms with Crippen LogP contribution in [-0.4, -0.2) is 11.9 Å². The standard InChI is InChI=1S/C11H11F3S/c1-2-15-10(11(12,13)14)8-9-6-4-3-5-7-9/h3-8H,2H2,1H3/b10-8-. The Bertz CT molecular complexity index is 327. The Morgan fingerprint density at radius 3 is 2.33 bits per heavy atom. The summed E-state index contributed by atoms with van der Waals surface area (Å²) in [5.74, 6) is 0.415. The van der Waals surface area contributed by atoms with E-state index in [0.29, 0.717) is 11.3 Å². The molecule has 0 fully saturated rings. The first-order valence-corrected chi connectivity index (χ1v) is 5.49. The van der Waals surface area contributed by atoms with Crippen LogP contribution in [0.2, 0.25) is 0 Å². The van der Waals surface area contributed by atoms with Crippen molar-refractivity contribution in [3.63, 3.8) is 0 Å². The van der Waals surface area contributed by atoms with Gasteiger partial charge in [-0.2, -0.15) is 13.2 Å². The van der Waals surface area contributed by atoms with Gasteiger partial charge < -0.3 is 0 Å². The van der Waals surface area contributed by atoms with Crippen molar-refractivity contribution in [1.82, 2.24) is 0 Å². The second-order valence-electron chi connectivity index (χ2n) is 2.85. The largest absolute Gasteiger partial charge is 0.422 e. The Labute approximate surface area is 91.2 Å². The first kappa shape index (κ1) is 12.2. The molecule has 0 radical (unpaired) electrons. The summed E-state index contributed by atoms with van der Waals surface area (Å²) in [5, 5.41) is 0. The minimum absolute atomic E-state index is 0.415. The Hall–Kier alpha value is -0.900. The number of benzene rings is 1. The quantitative estimate of drug-likeness (QED) is 0.746. The topological polar surface area (TPSA) is 0 Å². The summed E-state index contributed by atoms with van der Waals surface area (Å²) in [6, 6.07) is 8.52. The molecule has 0 aliphatic carbocycles. The molecule has 4 heteroatoms. The van der Waals surface area contributed by atoms with Gasteiger partial charge in [0.1, 0.15) is 0 Å². The molecule has 0 aliphatic heterocycles. The first-order chi connectivity index (χ1) is 7.04. The summed E-state index contributed by atoms with van der Waals surface area (Å²) >= 11 is 0.814. The molecule has 15 heavy (non-hydrogen) atoms. The average Bonchev–Trinajstić information content (AvgIpc) is 2.17. The number of allylic oxidation sites excluding steroid dienone is 1. The lowest BCUT2D eigenvalue weighted by Gasteiger charge is -2.09. The molecule has 0 saturated heterocycles. The van der Waals surface area contributed by atoms with E-state index in [2.05, 4.69) is 0 Å². The van der Waals surface area contributed by atoms with E-state index in [1.165, 1.54) is 6.08 Å². The molecular weight excluding hydrogens is 221 g/mol. The van der Waals surface area contributed by atoms with Crippen molar-refractivity contribution in [2.24, 2.45) is 0 Å². The minimum atomic E-state index is -4.25. The molecule has 0 N–H and O–H groups in total. The van der Waals surface area contributed by atoms with Gasteiger partial charge in [0, 0.05) is 0 Å². The monoisotopic (exact) mass is 232 g/mol. The zero-order valence-corrected chi connectivity index (χ0v) is 9.03. The van der Waals surface area contributed by atoms with Crippen LogP contribution in [0.3, 0.4) is 0 Å². The molecular formula is C11H11F3S. The Morgan fingerprint density at radius 1 is 1.27 bits per heavy atom. The molecule has 0 aromatic heterocycles. The summed E-state index contributed by atoms with van der Waals surface area (Å²) in [6.07, 6.45) is -3.08. The van der Waals surface area contributed by atoms with Crippen LogP contribution in [0.15, 0.2) is 35.2 Å². The van der Waals surface area contributed by atoms with Crippen LogP contribution in [0, 0.1) is 0 Å². The molecule has 1 aromatic rings. The Morgan fingerprint density at radius 2 is 1.87 bits per heavy atom. The van der Waals surface area contributed by atoms with Crippen molar-refractivity contribution in [2.45, 2.75) is 13.1 Å². The van der Waals surface area contributed by atoms with Gasteiger partial charge in [-0.3, -0.25) is 0 Å². The zero-order chi connectivity index (χ0) is 11.3. The van der Waals surface area contributed by atoms with Crippen LogP contribution in [0.5, 0.6) is 0 Å². The highest BCUT2D eigenvalue weighted by molar-refractivity contribution is 8.03. The number of hydrogen-bond acceptors (Lipinski definition) is 1. The summed E-state index contributed by atoms with van der Waals surface area (Å²) in [4.78, 5) is -0.545. The third kappa shape index (κ3) is 4.00. The van der Waals surface area contributed by atoms with E-state index in [9.17, 15) is 13.2 Å². The molecule has 0 atom stereocenters. The molecule has 0 amide bonds. The van der Waals surface area contributed by atoms with Gasteiger partial charge in [0.05, 0.1) is 4.91 Å². The Kier molecular flexibility index (Phi) is 4.27. The molecule has 0 nitrogen and oxygen atoms in total. The van der Waals surface area contributed by atoms with E-state index >= 15 is 0 Å². The highest BCUT2D eigenvalue weighted by Gasteiger charge is 2.33. The summed E-state index contributed by atoms with van der Waals surface area (Å²) in [6.45, 7) is 1.70. The maximum atomic E-state index is 12.5. The number of hydrogen-bond donors (Lipinski definition) is 0. The third-order valence-electron chi connectivity index (χ3n) is 1.68. The van der Waals surface area contributed by atoms with Crippen molar-refractivity contribution in [1.29, 1.82) is 0 Å². The predicted octanol–water partition coefficient (Wildman–Crippen LogP) is 4.34. The molecule has 1 aromatic carbocycles. The Balaban J connectivity index is 2.94. The normalized spacial score (nSPS) is 12.9. The van der Waals surface area contributed by atoms with Crippen LogP contribution in [0.1, 0.15) is 12.5 Å². The second-order valence-corrected chi connectivity index (χ2v) is 4.16. The fraction of sp³-hybridized carbons (Fsp3) is 0.273. The van der Waals surface area contributed by atoms with Crippen LogP contribution < -0.4 is 0 Å². The zero-order valence-electron chi connectivity index (χ0n) is 8.21. The smallest absolute Gasteiger partial charge is 0.166 e. The average molecular weight is 232 g/mol. The molecule has 0 heterocycles. The number of thioether (sulfide) groups is 1. The number of alkyl halides is 3. The van der Waals surface area contributed by atoms with Crippen molar-refractivity contribution < 1.29 is 13.2 Å². The number of rotatable bonds is 3. The lowest BCUT2D eigenvalue weighted by molar-refractivity contribution is -0.0827. The van der Waals surface area contributed by atoms with Gasteiger partial charge >= 0.3 is 6.18 Å². The lowest BCUT2D eigenvalue weighted by Crippen LogP contribution is -2.09. The van der Waals surface area contributed by atoms with Crippen molar-refractivity contribution in [2.75, 3.05) is 5.75 Å². The minimum Gasteiger partial charge on any atom is -0.166 e. The molecule has 82 valence electrons. The van der Waals surface area contributed by atoms with Crippen LogP contribution >= 0.6 is 11.8 Å². The number of halogens is 3. The van der Waals surface area contributed by atoms with Gasteiger partial charge in [0.2, 0.25) is 0 Å². The van der Waals surface area contributed by atoms with Crippen molar-refractivity contribution >= 4 is 17.8 Å². The van der Waals surface area contributed by atoms with E-state index < -0.39 is 11.1 Å². The highest BCUT2D eigenvalue weighted by atomic mass is 32.2. The van der Waals surface area contributed by atoms with Gasteiger partial charge in [-0.05, 0) is 17.4 Å². The summed E-state index contributed by atoms with van der Waals surface area (Å²) in [7, 11) is 0. The van der Waals surface area contributed by atoms with E-state index in [1.807, 2.05) is 0 Å². The third-order valence-corrected chi connectivity index (χ3v) is 2.63. The van der Waals surface area contributed by atoms with E-state index in [0.717, 1.165) is 11.8 Å². The summed E-state index contributed by atoms with van der Waals surface area (Å²) < 4.78 is 37.5. The van der Waals surface area contributed by atoms with Gasteiger partial charge in [0.25, 0.3) is 0 Å². The van der Waals surface area contributed by atoms with Gasteiger partial charge in [-0.25, -0.2) is 0 Å². The predicted molar refractivity (Wildman–Crippen MR) is 58.6 cm³/mol. The van der Waals surface area contributed by atoms with Crippen molar-refractivity contribution in [3.8, 4) is 0 Å². The fourth-order valence-corrected chi connectivity index (χ4v) is 1.76. The molecule has 0 bridgehead atoms. The first-order valence-electron chi connectivity index (χ1n) is 4.50. The molecule has 0 aliphatic rings. The van der Waals surface area contributed by atoms with E-state index in [1.54, 1.807) is 37.3 Å². The van der Waals surface area contributed by atoms with E-state index in [4.69, 9.17) is 0 Å². The van der Waals surface area contributed by atoms with Gasteiger partial charge in [-0.1, -0.05) is 37.3 Å². The SMILES string of the molecule is CCS/C(=C\c1ccccc1)C(F)(F)F. The molecule has 1 rings (SSSR count). The lowest BCUT2D eigenvalue weighted by atomic mass is 10.2. The fourth-order valence-electron chi connectivity index (χ4n) is 1.06. The van der Waals surface area contributed by atoms with Crippen LogP contribution in [0.4, 0.5) is 13.2 Å². The van der Waals surface area contributed by atoms with Crippen LogP contribution in [-0.2, 0) is 0 Å². The van der Waals surface area contributed by atoms with Crippen molar-refractivity contribution in [3.05, 3.63) is 40.8 Å². The van der Waals surface area contributed by atoms with Gasteiger partial charge in [-0.15, -0.1) is 11.8 Å². The molecule has 0 spiro atoms. The summed E-state index contributed by atoms with van der Waals surface area (Å²) in [5.41, 5.74) is 0.575. The maximum Gasteiger partial charge on any atom is 0.422 e. The van der Waals surface area contributed by atoms with E-state index in [-0.39, 0.29) is 0 Å². The maximum absolute atomic E-state index is 12.5. The molecule has 0 saturated carbocycles. The highest BCUT2D eigenvalue weighted by Crippen LogP contribution is 2.35. The second kappa shape index (κ2) is 5.26.